The van der Waals surface area contributed by atoms with Crippen LogP contribution in [0, 0.1) is 0 Å². The molecule has 0 unspecified atom stereocenters. The molecule has 1 aromatic carbocycles. The van der Waals surface area contributed by atoms with E-state index < -0.39 is 0 Å². The minimum Gasteiger partial charge on any atom is -0.351 e. The number of thiophene rings is 1. The molecule has 30 heavy (non-hydrogen) atoms. The maximum atomic E-state index is 12.2. The van der Waals surface area contributed by atoms with Gasteiger partial charge in [0, 0.05) is 25.2 Å². The van der Waals surface area contributed by atoms with E-state index in [2.05, 4.69) is 20.8 Å². The van der Waals surface area contributed by atoms with Crippen LogP contribution in [0.4, 0.5) is 5.69 Å². The fourth-order valence-corrected chi connectivity index (χ4v) is 4.37. The summed E-state index contributed by atoms with van der Waals surface area (Å²) in [5, 5.41) is 17.4. The minimum atomic E-state index is -0.186. The molecule has 0 aliphatic carbocycles. The lowest BCUT2D eigenvalue weighted by atomic mass is 10.3. The van der Waals surface area contributed by atoms with E-state index >= 15 is 0 Å². The fourth-order valence-electron chi connectivity index (χ4n) is 2.61. The molecular formula is C19H19Cl2N5O2S2. The maximum Gasteiger partial charge on any atom is 0.261 e. The van der Waals surface area contributed by atoms with Crippen molar-refractivity contribution >= 4 is 63.8 Å². The highest BCUT2D eigenvalue weighted by atomic mass is 35.5. The van der Waals surface area contributed by atoms with Crippen LogP contribution >= 0.6 is 46.3 Å². The van der Waals surface area contributed by atoms with Crippen molar-refractivity contribution in [2.75, 3.05) is 17.6 Å². The number of hydrogen-bond donors (Lipinski definition) is 2. The molecule has 2 amide bonds. The zero-order valence-electron chi connectivity index (χ0n) is 16.0. The van der Waals surface area contributed by atoms with Crippen LogP contribution < -0.4 is 10.6 Å². The molecule has 11 heteroatoms. The van der Waals surface area contributed by atoms with E-state index in [1.165, 1.54) is 23.1 Å². The first-order chi connectivity index (χ1) is 14.5. The number of hydrogen-bond acceptors (Lipinski definition) is 6. The highest BCUT2D eigenvalue weighted by Gasteiger charge is 2.14. The van der Waals surface area contributed by atoms with Gasteiger partial charge in [-0.1, -0.05) is 41.0 Å². The summed E-state index contributed by atoms with van der Waals surface area (Å²) in [5.74, 6) is 0.652. The second-order valence-corrected chi connectivity index (χ2v) is 8.80. The molecule has 0 atom stereocenters. The van der Waals surface area contributed by atoms with Crippen LogP contribution in [-0.4, -0.2) is 38.9 Å². The van der Waals surface area contributed by atoms with Crippen LogP contribution in [-0.2, 0) is 17.8 Å². The molecule has 0 fully saturated rings. The molecule has 3 aromatic rings. The Hall–Kier alpha value is -2.07. The van der Waals surface area contributed by atoms with Crippen LogP contribution in [0.5, 0.6) is 0 Å². The molecule has 0 bridgehead atoms. The Labute approximate surface area is 192 Å². The average Bonchev–Trinajstić information content (AvgIpc) is 3.39. The van der Waals surface area contributed by atoms with E-state index in [4.69, 9.17) is 23.2 Å². The Morgan fingerprint density at radius 2 is 2.03 bits per heavy atom. The number of benzene rings is 1. The third-order valence-electron chi connectivity index (χ3n) is 4.02. The summed E-state index contributed by atoms with van der Waals surface area (Å²) in [6.07, 6.45) is 0.550. The summed E-state index contributed by atoms with van der Waals surface area (Å²) in [6, 6.07) is 8.54. The molecule has 158 valence electrons. The average molecular weight is 484 g/mol. The predicted octanol–water partition coefficient (Wildman–Crippen LogP) is 4.37. The number of amides is 2. The van der Waals surface area contributed by atoms with E-state index in [1.54, 1.807) is 24.3 Å². The van der Waals surface area contributed by atoms with Gasteiger partial charge in [-0.15, -0.1) is 21.5 Å². The summed E-state index contributed by atoms with van der Waals surface area (Å²) in [7, 11) is 0. The molecule has 0 spiro atoms. The molecule has 0 saturated heterocycles. The summed E-state index contributed by atoms with van der Waals surface area (Å²) in [6.45, 7) is 3.10. The second kappa shape index (κ2) is 10.8. The van der Waals surface area contributed by atoms with Gasteiger partial charge in [0.1, 0.15) is 5.82 Å². The van der Waals surface area contributed by atoms with Crippen LogP contribution in [0.1, 0.15) is 22.4 Å². The molecule has 0 radical (unpaired) electrons. The Morgan fingerprint density at radius 1 is 1.20 bits per heavy atom. The fraction of sp³-hybridized carbons (Fsp3) is 0.263. The first-order valence-corrected chi connectivity index (χ1v) is 11.7. The maximum absolute atomic E-state index is 12.2. The van der Waals surface area contributed by atoms with Crippen molar-refractivity contribution < 1.29 is 9.59 Å². The van der Waals surface area contributed by atoms with E-state index in [-0.39, 0.29) is 17.6 Å². The van der Waals surface area contributed by atoms with Crippen molar-refractivity contribution in [3.8, 4) is 0 Å². The first-order valence-electron chi connectivity index (χ1n) is 9.09. The first kappa shape index (κ1) is 22.6. The largest absolute Gasteiger partial charge is 0.351 e. The van der Waals surface area contributed by atoms with Gasteiger partial charge in [0.25, 0.3) is 5.91 Å². The van der Waals surface area contributed by atoms with Gasteiger partial charge in [-0.05, 0) is 36.6 Å². The van der Waals surface area contributed by atoms with E-state index in [9.17, 15) is 9.59 Å². The standard InChI is InChI=1S/C19H19Cl2N5O2S2/c1-2-26-16(7-8-22-18(28)15-4-3-9-29-15)24-25-19(26)30-11-17(27)23-12-5-6-13(20)14(21)10-12/h3-6,9-10H,2,7-8,11H2,1H3,(H,22,28)(H,23,27). The Bertz CT molecular complexity index is 1020. The zero-order chi connectivity index (χ0) is 21.5. The van der Waals surface area contributed by atoms with Crippen molar-refractivity contribution in [1.29, 1.82) is 0 Å². The smallest absolute Gasteiger partial charge is 0.261 e. The van der Waals surface area contributed by atoms with Gasteiger partial charge < -0.3 is 15.2 Å². The van der Waals surface area contributed by atoms with Crippen LogP contribution in [0.15, 0.2) is 40.9 Å². The van der Waals surface area contributed by atoms with Gasteiger partial charge in [0.05, 0.1) is 20.7 Å². The second-order valence-electron chi connectivity index (χ2n) is 6.09. The lowest BCUT2D eigenvalue weighted by Gasteiger charge is -2.09. The molecule has 0 aliphatic heterocycles. The molecule has 3 rings (SSSR count). The van der Waals surface area contributed by atoms with Crippen LogP contribution in [0.3, 0.4) is 0 Å². The Morgan fingerprint density at radius 3 is 2.73 bits per heavy atom. The third-order valence-corrected chi connectivity index (χ3v) is 6.60. The summed E-state index contributed by atoms with van der Waals surface area (Å²) < 4.78 is 1.94. The van der Waals surface area contributed by atoms with Crippen molar-refractivity contribution in [3.63, 3.8) is 0 Å². The molecule has 0 aliphatic rings. The zero-order valence-corrected chi connectivity index (χ0v) is 19.2. The van der Waals surface area contributed by atoms with E-state index in [0.717, 1.165) is 5.82 Å². The van der Waals surface area contributed by atoms with Crippen LogP contribution in [0.25, 0.3) is 0 Å². The number of nitrogens with one attached hydrogen (secondary N) is 2. The van der Waals surface area contributed by atoms with Crippen molar-refractivity contribution in [2.45, 2.75) is 25.0 Å². The summed E-state index contributed by atoms with van der Waals surface area (Å²) >= 11 is 14.5. The third kappa shape index (κ3) is 5.98. The van der Waals surface area contributed by atoms with Crippen molar-refractivity contribution in [3.05, 3.63) is 56.5 Å². The lowest BCUT2D eigenvalue weighted by Crippen LogP contribution is -2.25. The van der Waals surface area contributed by atoms with Gasteiger partial charge >= 0.3 is 0 Å². The molecule has 2 N–H and O–H groups in total. The van der Waals surface area contributed by atoms with Crippen molar-refractivity contribution in [2.24, 2.45) is 0 Å². The number of carbonyl (C=O) groups is 2. The normalized spacial score (nSPS) is 10.8. The number of anilines is 1. The monoisotopic (exact) mass is 483 g/mol. The highest BCUT2D eigenvalue weighted by Crippen LogP contribution is 2.25. The number of thioether (sulfide) groups is 1. The molecule has 7 nitrogen and oxygen atoms in total. The van der Waals surface area contributed by atoms with Crippen molar-refractivity contribution in [1.82, 2.24) is 20.1 Å². The Kier molecular flexibility index (Phi) is 8.15. The van der Waals surface area contributed by atoms with Crippen LogP contribution in [0.2, 0.25) is 10.0 Å². The van der Waals surface area contributed by atoms with Gasteiger partial charge in [-0.2, -0.15) is 0 Å². The quantitative estimate of drug-likeness (QED) is 0.441. The topological polar surface area (TPSA) is 88.9 Å². The summed E-state index contributed by atoms with van der Waals surface area (Å²) in [5.41, 5.74) is 0.578. The minimum absolute atomic E-state index is 0.0962. The van der Waals surface area contributed by atoms with Gasteiger partial charge in [0.2, 0.25) is 5.91 Å². The van der Waals surface area contributed by atoms with Gasteiger partial charge in [-0.25, -0.2) is 0 Å². The van der Waals surface area contributed by atoms with E-state index in [0.29, 0.717) is 45.3 Å². The SMILES string of the molecule is CCn1c(CCNC(=O)c2cccs2)nnc1SCC(=O)Nc1ccc(Cl)c(Cl)c1. The van der Waals surface area contributed by atoms with E-state index in [1.807, 2.05) is 22.9 Å². The lowest BCUT2D eigenvalue weighted by molar-refractivity contribution is -0.113. The summed E-state index contributed by atoms with van der Waals surface area (Å²) in [4.78, 5) is 24.9. The number of nitrogens with zero attached hydrogens (tertiary/aromatic N) is 3. The predicted molar refractivity (Wildman–Crippen MR) is 122 cm³/mol. The number of rotatable bonds is 9. The number of halogens is 2. The Balaban J connectivity index is 1.51. The number of carbonyl (C=O) groups excluding carboxylic acids is 2. The molecular weight excluding hydrogens is 465 g/mol. The van der Waals surface area contributed by atoms with Gasteiger partial charge in [0.15, 0.2) is 5.16 Å². The molecule has 2 aromatic heterocycles. The molecule has 0 saturated carbocycles. The highest BCUT2D eigenvalue weighted by molar-refractivity contribution is 7.99. The van der Waals surface area contributed by atoms with Gasteiger partial charge in [-0.3, -0.25) is 9.59 Å². The number of aromatic nitrogens is 3. The molecule has 2 heterocycles.